The Hall–Kier alpha value is -1.52. The Bertz CT molecular complexity index is 321. The molecule has 1 rings (SSSR count). The van der Waals surface area contributed by atoms with E-state index in [0.29, 0.717) is 6.61 Å². The van der Waals surface area contributed by atoms with E-state index in [4.69, 9.17) is 9.47 Å². The van der Waals surface area contributed by atoms with E-state index in [1.54, 1.807) is 13.8 Å². The number of ether oxygens (including phenoxy) is 2. The fraction of sp³-hybridized carbons (Fsp3) is 0.714. The molecule has 1 fully saturated rings. The summed E-state index contributed by atoms with van der Waals surface area (Å²) in [6.07, 6.45) is 7.50. The average Bonchev–Trinajstić information content (AvgIpc) is 2.38. The minimum Gasteiger partial charge on any atom is -0.463 e. The van der Waals surface area contributed by atoms with E-state index in [9.17, 15) is 9.59 Å². The lowest BCUT2D eigenvalue weighted by molar-refractivity contribution is -0.137. The Balaban J connectivity index is 2.24. The summed E-state index contributed by atoms with van der Waals surface area (Å²) in [5, 5.41) is 2.85. The molecule has 0 spiro atoms. The van der Waals surface area contributed by atoms with E-state index in [1.807, 2.05) is 0 Å². The first kappa shape index (κ1) is 15.5. The summed E-state index contributed by atoms with van der Waals surface area (Å²) in [5.74, 6) is -0.425. The van der Waals surface area contributed by atoms with E-state index in [1.165, 1.54) is 18.6 Å². The largest absolute Gasteiger partial charge is 0.463 e. The van der Waals surface area contributed by atoms with Gasteiger partial charge < -0.3 is 14.8 Å². The molecule has 5 nitrogen and oxygen atoms in total. The lowest BCUT2D eigenvalue weighted by atomic mass is 9.96. The van der Waals surface area contributed by atoms with Gasteiger partial charge in [0.15, 0.2) is 0 Å². The van der Waals surface area contributed by atoms with Crippen molar-refractivity contribution < 1.29 is 19.1 Å². The van der Waals surface area contributed by atoms with E-state index in [-0.39, 0.29) is 6.04 Å². The fourth-order valence-electron chi connectivity index (χ4n) is 2.06. The highest BCUT2D eigenvalue weighted by atomic mass is 16.6. The van der Waals surface area contributed by atoms with E-state index in [2.05, 4.69) is 5.32 Å². The Labute approximate surface area is 114 Å². The molecule has 1 atom stereocenters. The topological polar surface area (TPSA) is 64.6 Å². The number of carbonyl (C=O) groups is 2. The van der Waals surface area contributed by atoms with Crippen LogP contribution in [0.1, 0.15) is 46.0 Å². The van der Waals surface area contributed by atoms with Crippen LogP contribution in [0.4, 0.5) is 4.79 Å². The van der Waals surface area contributed by atoms with Gasteiger partial charge in [-0.3, -0.25) is 0 Å². The molecule has 1 aliphatic carbocycles. The van der Waals surface area contributed by atoms with Crippen LogP contribution in [0.2, 0.25) is 0 Å². The third-order valence-electron chi connectivity index (χ3n) is 3.01. The summed E-state index contributed by atoms with van der Waals surface area (Å²) in [7, 11) is 0. The molecule has 0 aromatic carbocycles. The first-order chi connectivity index (χ1) is 9.11. The van der Waals surface area contributed by atoms with Gasteiger partial charge in [0.25, 0.3) is 0 Å². The highest BCUT2D eigenvalue weighted by molar-refractivity contribution is 5.82. The molecule has 0 aromatic heterocycles. The van der Waals surface area contributed by atoms with Crippen LogP contribution < -0.4 is 5.32 Å². The second kappa shape index (κ2) is 8.56. The van der Waals surface area contributed by atoms with E-state index < -0.39 is 18.2 Å². The molecule has 1 saturated carbocycles. The Morgan fingerprint density at radius 3 is 2.63 bits per heavy atom. The van der Waals surface area contributed by atoms with Crippen LogP contribution in [0.5, 0.6) is 0 Å². The maximum atomic E-state index is 11.6. The standard InChI is InChI=1S/C14H23NO4/c1-3-18-13(16)10-9-11(2)19-14(17)15-12-7-5-4-6-8-12/h9-12H,3-8H2,1-2H3,(H,15,17). The molecular weight excluding hydrogens is 246 g/mol. The van der Waals surface area contributed by atoms with Gasteiger partial charge in [-0.2, -0.15) is 0 Å². The zero-order chi connectivity index (χ0) is 14.1. The second-order valence-corrected chi connectivity index (χ2v) is 4.70. The predicted octanol–water partition coefficient (Wildman–Crippen LogP) is 2.55. The molecule has 108 valence electrons. The quantitative estimate of drug-likeness (QED) is 0.615. The summed E-state index contributed by atoms with van der Waals surface area (Å²) in [6, 6.07) is 0.225. The minimum atomic E-state index is -0.451. The van der Waals surface area contributed by atoms with Gasteiger partial charge in [0.2, 0.25) is 0 Å². The fourth-order valence-corrected chi connectivity index (χ4v) is 2.06. The zero-order valence-corrected chi connectivity index (χ0v) is 11.7. The second-order valence-electron chi connectivity index (χ2n) is 4.70. The molecule has 1 amide bonds. The monoisotopic (exact) mass is 269 g/mol. The van der Waals surface area contributed by atoms with Crippen molar-refractivity contribution in [2.75, 3.05) is 6.61 Å². The van der Waals surface area contributed by atoms with Crippen molar-refractivity contribution in [3.05, 3.63) is 12.2 Å². The maximum absolute atomic E-state index is 11.6. The molecule has 19 heavy (non-hydrogen) atoms. The maximum Gasteiger partial charge on any atom is 0.407 e. The molecule has 0 heterocycles. The molecular formula is C14H23NO4. The van der Waals surface area contributed by atoms with Crippen LogP contribution in [0.3, 0.4) is 0 Å². The van der Waals surface area contributed by atoms with E-state index >= 15 is 0 Å². The first-order valence-electron chi connectivity index (χ1n) is 6.94. The summed E-state index contributed by atoms with van der Waals surface area (Å²) < 4.78 is 9.87. The number of esters is 1. The third kappa shape index (κ3) is 6.84. The number of hydrogen-bond donors (Lipinski definition) is 1. The molecule has 0 radical (unpaired) electrons. The highest BCUT2D eigenvalue weighted by Crippen LogP contribution is 2.17. The number of hydrogen-bond acceptors (Lipinski definition) is 4. The van der Waals surface area contributed by atoms with Crippen molar-refractivity contribution in [2.45, 2.75) is 58.1 Å². The van der Waals surface area contributed by atoms with Gasteiger partial charge in [-0.25, -0.2) is 9.59 Å². The summed E-state index contributed by atoms with van der Waals surface area (Å²) >= 11 is 0. The van der Waals surface area contributed by atoms with Gasteiger partial charge in [-0.05, 0) is 32.8 Å². The minimum absolute atomic E-state index is 0.225. The molecule has 5 heteroatoms. The van der Waals surface area contributed by atoms with Crippen molar-refractivity contribution >= 4 is 12.1 Å². The summed E-state index contributed by atoms with van der Waals surface area (Å²) in [4.78, 5) is 22.7. The molecule has 0 aliphatic heterocycles. The van der Waals surface area contributed by atoms with Gasteiger partial charge in [0.05, 0.1) is 6.61 Å². The number of amides is 1. The molecule has 0 aromatic rings. The van der Waals surface area contributed by atoms with Crippen LogP contribution in [-0.2, 0) is 14.3 Å². The normalized spacial score (nSPS) is 18.0. The third-order valence-corrected chi connectivity index (χ3v) is 3.01. The average molecular weight is 269 g/mol. The van der Waals surface area contributed by atoms with Crippen LogP contribution >= 0.6 is 0 Å². The van der Waals surface area contributed by atoms with Crippen molar-refractivity contribution in [1.29, 1.82) is 0 Å². The van der Waals surface area contributed by atoms with Crippen molar-refractivity contribution in [1.82, 2.24) is 5.32 Å². The molecule has 1 N–H and O–H groups in total. The van der Waals surface area contributed by atoms with E-state index in [0.717, 1.165) is 25.7 Å². The molecule has 0 saturated heterocycles. The zero-order valence-electron chi connectivity index (χ0n) is 11.7. The number of rotatable bonds is 5. The number of nitrogens with one attached hydrogen (secondary N) is 1. The van der Waals surface area contributed by atoms with Gasteiger partial charge in [0.1, 0.15) is 6.10 Å². The van der Waals surface area contributed by atoms with Crippen molar-refractivity contribution in [3.8, 4) is 0 Å². The van der Waals surface area contributed by atoms with Gasteiger partial charge in [0, 0.05) is 12.1 Å². The Morgan fingerprint density at radius 2 is 2.00 bits per heavy atom. The van der Waals surface area contributed by atoms with Gasteiger partial charge in [-0.1, -0.05) is 19.3 Å². The molecule has 0 bridgehead atoms. The Kier molecular flexibility index (Phi) is 7.00. The lowest BCUT2D eigenvalue weighted by Gasteiger charge is -2.23. The predicted molar refractivity (Wildman–Crippen MR) is 71.7 cm³/mol. The Morgan fingerprint density at radius 1 is 1.32 bits per heavy atom. The summed E-state index contributed by atoms with van der Waals surface area (Å²) in [6.45, 7) is 3.78. The van der Waals surface area contributed by atoms with Crippen LogP contribution in [0, 0.1) is 0 Å². The van der Waals surface area contributed by atoms with Crippen molar-refractivity contribution in [2.24, 2.45) is 0 Å². The lowest BCUT2D eigenvalue weighted by Crippen LogP contribution is -2.37. The molecule has 1 aliphatic rings. The van der Waals surface area contributed by atoms with Crippen LogP contribution in [-0.4, -0.2) is 30.8 Å². The number of carbonyl (C=O) groups excluding carboxylic acids is 2. The highest BCUT2D eigenvalue weighted by Gasteiger charge is 2.17. The molecule has 1 unspecified atom stereocenters. The van der Waals surface area contributed by atoms with Gasteiger partial charge >= 0.3 is 12.1 Å². The number of alkyl carbamates (subject to hydrolysis) is 1. The summed E-state index contributed by atoms with van der Waals surface area (Å²) in [5.41, 5.74) is 0. The first-order valence-corrected chi connectivity index (χ1v) is 6.94. The van der Waals surface area contributed by atoms with Gasteiger partial charge in [-0.15, -0.1) is 0 Å². The van der Waals surface area contributed by atoms with Crippen LogP contribution in [0.25, 0.3) is 0 Å². The SMILES string of the molecule is CCOC(=O)C=CC(C)OC(=O)NC1CCCCC1. The van der Waals surface area contributed by atoms with Crippen molar-refractivity contribution in [3.63, 3.8) is 0 Å². The van der Waals surface area contributed by atoms with Crippen LogP contribution in [0.15, 0.2) is 12.2 Å². The smallest absolute Gasteiger partial charge is 0.407 e.